The first-order valence-electron chi connectivity index (χ1n) is 6.97. The zero-order chi connectivity index (χ0) is 15.1. The van der Waals surface area contributed by atoms with Gasteiger partial charge in [0.1, 0.15) is 11.6 Å². The molecule has 0 aliphatic carbocycles. The first kappa shape index (κ1) is 17.0. The number of hydrogen-bond donors (Lipinski definition) is 3. The van der Waals surface area contributed by atoms with Crippen molar-refractivity contribution in [2.24, 2.45) is 11.7 Å². The molecule has 0 saturated heterocycles. The van der Waals surface area contributed by atoms with Gasteiger partial charge in [0.05, 0.1) is 6.10 Å². The summed E-state index contributed by atoms with van der Waals surface area (Å²) in [4.78, 5) is 0. The Morgan fingerprint density at radius 2 is 1.80 bits per heavy atom. The van der Waals surface area contributed by atoms with Gasteiger partial charge in [-0.25, -0.2) is 8.78 Å². The van der Waals surface area contributed by atoms with Gasteiger partial charge in [-0.15, -0.1) is 0 Å². The van der Waals surface area contributed by atoms with E-state index in [4.69, 9.17) is 5.73 Å². The minimum atomic E-state index is -0.742. The Bertz CT molecular complexity index is 393. The molecule has 1 aromatic rings. The lowest BCUT2D eigenvalue weighted by Crippen LogP contribution is -2.43. The van der Waals surface area contributed by atoms with E-state index in [1.54, 1.807) is 0 Å². The third-order valence-corrected chi connectivity index (χ3v) is 3.14. The highest BCUT2D eigenvalue weighted by Crippen LogP contribution is 2.10. The maximum absolute atomic E-state index is 13.0. The van der Waals surface area contributed by atoms with Crippen molar-refractivity contribution in [3.8, 4) is 0 Å². The Labute approximate surface area is 119 Å². The molecule has 114 valence electrons. The molecule has 0 fully saturated rings. The van der Waals surface area contributed by atoms with E-state index in [0.717, 1.165) is 19.0 Å². The summed E-state index contributed by atoms with van der Waals surface area (Å²) in [5.41, 5.74) is 6.31. The van der Waals surface area contributed by atoms with Crippen LogP contribution in [0.2, 0.25) is 0 Å². The zero-order valence-electron chi connectivity index (χ0n) is 12.1. The van der Waals surface area contributed by atoms with E-state index in [1.165, 1.54) is 12.1 Å². The van der Waals surface area contributed by atoms with Crippen molar-refractivity contribution in [2.45, 2.75) is 38.8 Å². The fourth-order valence-corrected chi connectivity index (χ4v) is 1.93. The summed E-state index contributed by atoms with van der Waals surface area (Å²) in [5.74, 6) is -0.655. The van der Waals surface area contributed by atoms with Crippen LogP contribution in [-0.4, -0.2) is 30.3 Å². The van der Waals surface area contributed by atoms with E-state index in [-0.39, 0.29) is 6.42 Å². The van der Waals surface area contributed by atoms with Crippen LogP contribution in [0.4, 0.5) is 8.78 Å². The Hall–Kier alpha value is -1.04. The van der Waals surface area contributed by atoms with Gasteiger partial charge < -0.3 is 16.2 Å². The van der Waals surface area contributed by atoms with Crippen LogP contribution >= 0.6 is 0 Å². The van der Waals surface area contributed by atoms with E-state index in [2.05, 4.69) is 19.2 Å². The number of halogens is 2. The number of nitrogens with two attached hydrogens (primary N) is 1. The summed E-state index contributed by atoms with van der Waals surface area (Å²) < 4.78 is 26.1. The van der Waals surface area contributed by atoms with Gasteiger partial charge in [0.25, 0.3) is 0 Å². The van der Waals surface area contributed by atoms with Gasteiger partial charge in [0, 0.05) is 18.7 Å². The standard InChI is InChI=1S/C15H24F2N2O/c1-10(2)3-4-19-9-15(20)14(18)7-11-5-12(16)8-13(17)6-11/h5-6,8,10,14-15,19-20H,3-4,7,9,18H2,1-2H3/t14-,15+/m0/s1. The summed E-state index contributed by atoms with van der Waals surface area (Å²) in [5, 5.41) is 13.0. The molecule has 1 aromatic carbocycles. The van der Waals surface area contributed by atoms with Gasteiger partial charge in [0.15, 0.2) is 0 Å². The van der Waals surface area contributed by atoms with Crippen LogP contribution in [0.25, 0.3) is 0 Å². The summed E-state index contributed by atoms with van der Waals surface area (Å²) in [7, 11) is 0. The van der Waals surface area contributed by atoms with Gasteiger partial charge in [-0.05, 0) is 43.0 Å². The average molecular weight is 286 g/mol. The minimum Gasteiger partial charge on any atom is -0.390 e. The quantitative estimate of drug-likeness (QED) is 0.639. The Balaban J connectivity index is 2.39. The van der Waals surface area contributed by atoms with E-state index < -0.39 is 23.8 Å². The highest BCUT2D eigenvalue weighted by atomic mass is 19.1. The van der Waals surface area contributed by atoms with Gasteiger partial charge in [0.2, 0.25) is 0 Å². The third kappa shape index (κ3) is 6.41. The second kappa shape index (κ2) is 8.29. The zero-order valence-corrected chi connectivity index (χ0v) is 12.1. The van der Waals surface area contributed by atoms with Crippen LogP contribution in [0, 0.1) is 17.6 Å². The van der Waals surface area contributed by atoms with Crippen LogP contribution in [0.15, 0.2) is 18.2 Å². The van der Waals surface area contributed by atoms with Crippen molar-refractivity contribution in [3.05, 3.63) is 35.4 Å². The molecule has 0 saturated carbocycles. The molecule has 0 aliphatic rings. The molecule has 0 bridgehead atoms. The van der Waals surface area contributed by atoms with Crippen molar-refractivity contribution in [1.29, 1.82) is 0 Å². The molecular weight excluding hydrogens is 262 g/mol. The SMILES string of the molecule is CC(C)CCNC[C@@H](O)[C@@H](N)Cc1cc(F)cc(F)c1. The maximum Gasteiger partial charge on any atom is 0.126 e. The Morgan fingerprint density at radius 1 is 1.20 bits per heavy atom. The molecule has 0 aromatic heterocycles. The normalized spacial score (nSPS) is 14.6. The topological polar surface area (TPSA) is 58.3 Å². The Kier molecular flexibility index (Phi) is 7.05. The van der Waals surface area contributed by atoms with E-state index >= 15 is 0 Å². The minimum absolute atomic E-state index is 0.238. The van der Waals surface area contributed by atoms with Crippen molar-refractivity contribution in [1.82, 2.24) is 5.32 Å². The molecule has 5 heteroatoms. The number of aliphatic hydroxyl groups excluding tert-OH is 1. The van der Waals surface area contributed by atoms with E-state index in [0.29, 0.717) is 18.0 Å². The Morgan fingerprint density at radius 3 is 2.35 bits per heavy atom. The number of benzene rings is 1. The van der Waals surface area contributed by atoms with Crippen molar-refractivity contribution in [3.63, 3.8) is 0 Å². The first-order chi connectivity index (χ1) is 9.38. The second-order valence-electron chi connectivity index (χ2n) is 5.60. The lowest BCUT2D eigenvalue weighted by molar-refractivity contribution is 0.141. The lowest BCUT2D eigenvalue weighted by atomic mass is 10.0. The van der Waals surface area contributed by atoms with E-state index in [1.807, 2.05) is 0 Å². The number of nitrogens with one attached hydrogen (secondary N) is 1. The fraction of sp³-hybridized carbons (Fsp3) is 0.600. The molecule has 3 nitrogen and oxygen atoms in total. The highest BCUT2D eigenvalue weighted by Gasteiger charge is 2.15. The predicted octanol–water partition coefficient (Wildman–Crippen LogP) is 1.83. The molecule has 4 N–H and O–H groups in total. The summed E-state index contributed by atoms with van der Waals surface area (Å²) >= 11 is 0. The van der Waals surface area contributed by atoms with Crippen LogP contribution in [-0.2, 0) is 6.42 Å². The lowest BCUT2D eigenvalue weighted by Gasteiger charge is -2.19. The molecule has 1 rings (SSSR count). The molecule has 0 radical (unpaired) electrons. The number of rotatable bonds is 8. The van der Waals surface area contributed by atoms with Gasteiger partial charge in [-0.3, -0.25) is 0 Å². The van der Waals surface area contributed by atoms with Crippen LogP contribution < -0.4 is 11.1 Å². The number of hydrogen-bond acceptors (Lipinski definition) is 3. The van der Waals surface area contributed by atoms with Gasteiger partial charge in [-0.1, -0.05) is 13.8 Å². The monoisotopic (exact) mass is 286 g/mol. The van der Waals surface area contributed by atoms with Gasteiger partial charge >= 0.3 is 0 Å². The molecule has 0 spiro atoms. The second-order valence-corrected chi connectivity index (χ2v) is 5.60. The van der Waals surface area contributed by atoms with E-state index in [9.17, 15) is 13.9 Å². The summed E-state index contributed by atoms with van der Waals surface area (Å²) in [6.07, 6.45) is 0.521. The fourth-order valence-electron chi connectivity index (χ4n) is 1.93. The largest absolute Gasteiger partial charge is 0.390 e. The molecule has 2 atom stereocenters. The van der Waals surface area contributed by atoms with Gasteiger partial charge in [-0.2, -0.15) is 0 Å². The third-order valence-electron chi connectivity index (χ3n) is 3.14. The van der Waals surface area contributed by atoms with Crippen LogP contribution in [0.1, 0.15) is 25.8 Å². The molecule has 0 unspecified atom stereocenters. The molecule has 0 amide bonds. The molecule has 20 heavy (non-hydrogen) atoms. The summed E-state index contributed by atoms with van der Waals surface area (Å²) in [6, 6.07) is 2.74. The van der Waals surface area contributed by atoms with Crippen molar-refractivity contribution < 1.29 is 13.9 Å². The predicted molar refractivity (Wildman–Crippen MR) is 76.4 cm³/mol. The smallest absolute Gasteiger partial charge is 0.126 e. The molecular formula is C15H24F2N2O. The van der Waals surface area contributed by atoms with Crippen LogP contribution in [0.5, 0.6) is 0 Å². The van der Waals surface area contributed by atoms with Crippen LogP contribution in [0.3, 0.4) is 0 Å². The van der Waals surface area contributed by atoms with Crippen molar-refractivity contribution in [2.75, 3.05) is 13.1 Å². The molecule has 0 heterocycles. The maximum atomic E-state index is 13.0. The molecule has 0 aliphatic heterocycles. The summed E-state index contributed by atoms with van der Waals surface area (Å²) in [6.45, 7) is 5.45. The van der Waals surface area contributed by atoms with Crippen molar-refractivity contribution >= 4 is 0 Å². The highest BCUT2D eigenvalue weighted by molar-refractivity contribution is 5.19. The average Bonchev–Trinajstić information content (AvgIpc) is 2.32. The number of aliphatic hydroxyl groups is 1. The first-order valence-corrected chi connectivity index (χ1v) is 6.97.